The van der Waals surface area contributed by atoms with Crippen molar-refractivity contribution in [1.29, 1.82) is 0 Å². The standard InChI is InChI=1S/C14H12OS/c1-4-11-13(9(2)3)14(15)10-7-5-6-8-12(10)16-11/h4-8H,1-2H2,3H3. The minimum Gasteiger partial charge on any atom is -0.288 e. The molecular formula is C14H12OS. The third kappa shape index (κ3) is 1.61. The summed E-state index contributed by atoms with van der Waals surface area (Å²) in [4.78, 5) is 13.1. The van der Waals surface area contributed by atoms with Crippen molar-refractivity contribution in [3.05, 3.63) is 58.1 Å². The molecule has 0 bridgehead atoms. The summed E-state index contributed by atoms with van der Waals surface area (Å²) >= 11 is 1.58. The predicted octanol–water partition coefficient (Wildman–Crippen LogP) is 3.94. The van der Waals surface area contributed by atoms with E-state index in [0.29, 0.717) is 5.56 Å². The van der Waals surface area contributed by atoms with Gasteiger partial charge in [-0.2, -0.15) is 0 Å². The first-order chi connectivity index (χ1) is 7.65. The van der Waals surface area contributed by atoms with Gasteiger partial charge >= 0.3 is 0 Å². The Morgan fingerprint density at radius 1 is 1.38 bits per heavy atom. The van der Waals surface area contributed by atoms with Gasteiger partial charge in [0.15, 0.2) is 5.43 Å². The molecule has 0 atom stereocenters. The van der Waals surface area contributed by atoms with Crippen molar-refractivity contribution in [3.8, 4) is 0 Å². The van der Waals surface area contributed by atoms with Gasteiger partial charge in [-0.3, -0.25) is 4.79 Å². The van der Waals surface area contributed by atoms with Gasteiger partial charge in [-0.15, -0.1) is 11.3 Å². The van der Waals surface area contributed by atoms with E-state index in [1.165, 1.54) is 0 Å². The smallest absolute Gasteiger partial charge is 0.196 e. The van der Waals surface area contributed by atoms with Crippen molar-refractivity contribution in [3.63, 3.8) is 0 Å². The first-order valence-corrected chi connectivity index (χ1v) is 5.81. The molecule has 0 saturated carbocycles. The number of fused-ring (bicyclic) bond motifs is 1. The zero-order valence-electron chi connectivity index (χ0n) is 9.12. The third-order valence-electron chi connectivity index (χ3n) is 2.44. The Kier molecular flexibility index (Phi) is 2.75. The van der Waals surface area contributed by atoms with Crippen molar-refractivity contribution in [2.75, 3.05) is 0 Å². The van der Waals surface area contributed by atoms with Crippen LogP contribution in [0.2, 0.25) is 0 Å². The van der Waals surface area contributed by atoms with Crippen molar-refractivity contribution < 1.29 is 0 Å². The van der Waals surface area contributed by atoms with Crippen LogP contribution in [-0.4, -0.2) is 0 Å². The number of allylic oxidation sites excluding steroid dienone is 1. The Bertz CT molecular complexity index is 635. The summed E-state index contributed by atoms with van der Waals surface area (Å²) in [7, 11) is 0. The van der Waals surface area contributed by atoms with Crippen LogP contribution in [0.1, 0.15) is 17.4 Å². The molecule has 80 valence electrons. The van der Waals surface area contributed by atoms with Gasteiger partial charge in [-0.25, -0.2) is 0 Å². The number of benzene rings is 1. The fourth-order valence-electron chi connectivity index (χ4n) is 1.71. The second kappa shape index (κ2) is 4.06. The van der Waals surface area contributed by atoms with Crippen LogP contribution >= 0.6 is 11.3 Å². The quantitative estimate of drug-likeness (QED) is 0.761. The molecule has 2 heteroatoms. The summed E-state index contributed by atoms with van der Waals surface area (Å²) in [6, 6.07) is 7.63. The van der Waals surface area contributed by atoms with E-state index in [1.807, 2.05) is 31.2 Å². The largest absolute Gasteiger partial charge is 0.288 e. The lowest BCUT2D eigenvalue weighted by Crippen LogP contribution is -2.08. The highest BCUT2D eigenvalue weighted by molar-refractivity contribution is 7.19. The number of hydrogen-bond acceptors (Lipinski definition) is 2. The molecule has 0 aliphatic rings. The van der Waals surface area contributed by atoms with E-state index >= 15 is 0 Å². The lowest BCUT2D eigenvalue weighted by molar-refractivity contribution is 1.56. The maximum Gasteiger partial charge on any atom is 0.196 e. The minimum absolute atomic E-state index is 0.0525. The Labute approximate surface area is 98.4 Å². The molecule has 0 fully saturated rings. The maximum absolute atomic E-state index is 12.2. The normalized spacial score (nSPS) is 10.3. The average Bonchev–Trinajstić information content (AvgIpc) is 2.28. The first kappa shape index (κ1) is 10.8. The number of hydrogen-bond donors (Lipinski definition) is 0. The van der Waals surface area contributed by atoms with Crippen LogP contribution in [0.4, 0.5) is 0 Å². The molecule has 0 saturated heterocycles. The third-order valence-corrected chi connectivity index (χ3v) is 3.60. The molecule has 0 radical (unpaired) electrons. The molecule has 2 rings (SSSR count). The van der Waals surface area contributed by atoms with Crippen LogP contribution in [0.5, 0.6) is 0 Å². The van der Waals surface area contributed by atoms with E-state index < -0.39 is 0 Å². The first-order valence-electron chi connectivity index (χ1n) is 4.99. The molecule has 0 N–H and O–H groups in total. The lowest BCUT2D eigenvalue weighted by atomic mass is 10.1. The summed E-state index contributed by atoms with van der Waals surface area (Å²) in [6.45, 7) is 9.47. The molecule has 0 unspecified atom stereocenters. The Balaban J connectivity index is 2.99. The molecular weight excluding hydrogens is 216 g/mol. The van der Waals surface area contributed by atoms with Gasteiger partial charge in [-0.1, -0.05) is 31.4 Å². The van der Waals surface area contributed by atoms with E-state index in [9.17, 15) is 4.79 Å². The zero-order chi connectivity index (χ0) is 11.7. The maximum atomic E-state index is 12.2. The Morgan fingerprint density at radius 2 is 2.06 bits per heavy atom. The summed E-state index contributed by atoms with van der Waals surface area (Å²) < 4.78 is 0.993. The van der Waals surface area contributed by atoms with Crippen LogP contribution in [0.25, 0.3) is 21.7 Å². The topological polar surface area (TPSA) is 17.1 Å². The number of rotatable bonds is 2. The monoisotopic (exact) mass is 228 g/mol. The molecule has 16 heavy (non-hydrogen) atoms. The zero-order valence-corrected chi connectivity index (χ0v) is 9.93. The van der Waals surface area contributed by atoms with Gasteiger partial charge in [0, 0.05) is 20.5 Å². The van der Waals surface area contributed by atoms with E-state index in [0.717, 1.165) is 20.5 Å². The van der Waals surface area contributed by atoms with Crippen molar-refractivity contribution in [2.24, 2.45) is 0 Å². The molecule has 1 aromatic heterocycles. The lowest BCUT2D eigenvalue weighted by Gasteiger charge is -2.05. The molecule has 1 nitrogen and oxygen atoms in total. The molecule has 1 heterocycles. The summed E-state index contributed by atoms with van der Waals surface area (Å²) in [5.41, 5.74) is 1.54. The van der Waals surface area contributed by atoms with Gasteiger partial charge in [0.2, 0.25) is 0 Å². The Morgan fingerprint density at radius 3 is 2.69 bits per heavy atom. The van der Waals surface area contributed by atoms with Gasteiger partial charge in [0.1, 0.15) is 0 Å². The molecule has 2 aromatic rings. The van der Waals surface area contributed by atoms with Crippen LogP contribution < -0.4 is 5.43 Å². The average molecular weight is 228 g/mol. The highest BCUT2D eigenvalue weighted by Crippen LogP contribution is 2.26. The van der Waals surface area contributed by atoms with Crippen molar-refractivity contribution >= 4 is 33.1 Å². The van der Waals surface area contributed by atoms with Crippen molar-refractivity contribution in [1.82, 2.24) is 0 Å². The molecule has 0 aliphatic carbocycles. The van der Waals surface area contributed by atoms with Crippen LogP contribution in [0.15, 0.2) is 42.2 Å². The van der Waals surface area contributed by atoms with E-state index in [2.05, 4.69) is 13.2 Å². The summed E-state index contributed by atoms with van der Waals surface area (Å²) in [6.07, 6.45) is 1.72. The van der Waals surface area contributed by atoms with E-state index in [1.54, 1.807) is 17.4 Å². The fourth-order valence-corrected chi connectivity index (χ4v) is 2.81. The molecule has 1 aromatic carbocycles. The second-order valence-corrected chi connectivity index (χ2v) is 4.73. The van der Waals surface area contributed by atoms with Crippen LogP contribution in [-0.2, 0) is 0 Å². The van der Waals surface area contributed by atoms with Gasteiger partial charge in [0.05, 0.1) is 0 Å². The SMILES string of the molecule is C=Cc1sc2ccccc2c(=O)c1C(=C)C. The van der Waals surface area contributed by atoms with E-state index in [-0.39, 0.29) is 5.43 Å². The van der Waals surface area contributed by atoms with Gasteiger partial charge < -0.3 is 0 Å². The predicted molar refractivity (Wildman–Crippen MR) is 72.9 cm³/mol. The highest BCUT2D eigenvalue weighted by atomic mass is 32.1. The van der Waals surface area contributed by atoms with Crippen LogP contribution in [0, 0.1) is 0 Å². The molecule has 0 amide bonds. The second-order valence-electron chi connectivity index (χ2n) is 3.65. The minimum atomic E-state index is 0.0525. The Hall–Kier alpha value is -1.67. The van der Waals surface area contributed by atoms with Gasteiger partial charge in [-0.05, 0) is 24.6 Å². The van der Waals surface area contributed by atoms with Crippen molar-refractivity contribution in [2.45, 2.75) is 6.92 Å². The summed E-state index contributed by atoms with van der Waals surface area (Å²) in [5.74, 6) is 0. The molecule has 0 spiro atoms. The van der Waals surface area contributed by atoms with Gasteiger partial charge in [0.25, 0.3) is 0 Å². The molecule has 0 aliphatic heterocycles. The summed E-state index contributed by atoms with van der Waals surface area (Å²) in [5, 5.41) is 0.760. The highest BCUT2D eigenvalue weighted by Gasteiger charge is 2.10. The fraction of sp³-hybridized carbons (Fsp3) is 0.0714. The van der Waals surface area contributed by atoms with Crippen LogP contribution in [0.3, 0.4) is 0 Å². The van der Waals surface area contributed by atoms with E-state index in [4.69, 9.17) is 0 Å².